The van der Waals surface area contributed by atoms with Crippen molar-refractivity contribution in [3.63, 3.8) is 0 Å². The SMILES string of the molecule is CC(N(C)[C@H]1CC[C@H](C(=O)N2CC3=CC=CNC3=Nc3ccc(N4CCOCC4)cc32)CC1)C(F)(F)F. The molecule has 2 fully saturated rings. The van der Waals surface area contributed by atoms with Crippen molar-refractivity contribution >= 4 is 28.8 Å². The van der Waals surface area contributed by atoms with E-state index in [1.54, 1.807) is 0 Å². The molecule has 4 aliphatic rings. The number of fused-ring (bicyclic) bond motifs is 2. The minimum absolute atomic E-state index is 0.0113. The Bertz CT molecular complexity index is 1100. The molecule has 0 aromatic heterocycles. The maximum atomic E-state index is 14.0. The summed E-state index contributed by atoms with van der Waals surface area (Å²) in [6.07, 6.45) is 3.69. The Morgan fingerprint density at radius 3 is 2.62 bits per heavy atom. The molecule has 37 heavy (non-hydrogen) atoms. The van der Waals surface area contributed by atoms with Gasteiger partial charge in [-0.3, -0.25) is 9.69 Å². The number of hydrogen-bond acceptors (Lipinski definition) is 6. The van der Waals surface area contributed by atoms with E-state index in [-0.39, 0.29) is 17.9 Å². The zero-order chi connectivity index (χ0) is 26.2. The number of dihydropyridines is 1. The molecule has 0 bridgehead atoms. The number of nitrogens with one attached hydrogen (secondary N) is 1. The van der Waals surface area contributed by atoms with Gasteiger partial charge >= 0.3 is 6.18 Å². The fraction of sp³-hybridized carbons (Fsp3) is 0.556. The van der Waals surface area contributed by atoms with Gasteiger partial charge in [0.25, 0.3) is 0 Å². The third-order valence-electron chi connectivity index (χ3n) is 8.08. The number of morpholine rings is 1. The summed E-state index contributed by atoms with van der Waals surface area (Å²) in [5, 5.41) is 3.20. The Kier molecular flexibility index (Phi) is 7.31. The molecule has 5 rings (SSSR count). The molecule has 7 nitrogen and oxygen atoms in total. The van der Waals surface area contributed by atoms with Gasteiger partial charge in [-0.15, -0.1) is 0 Å². The second kappa shape index (κ2) is 10.5. The average molecular weight is 518 g/mol. The molecule has 1 aliphatic carbocycles. The second-order valence-corrected chi connectivity index (χ2v) is 10.2. The standard InChI is InChI=1S/C27H34F3N5O2/c1-18(27(28,29)30)33(2)21-7-5-19(6-8-21)26(36)35-17-20-4-3-11-31-25(20)32-23-10-9-22(16-24(23)35)34-12-14-37-15-13-34/h3-4,9-11,16,18-19,21H,5-8,12-15,17H2,1-2H3,(H,31,32)/t18?,19-,21-. The third-order valence-corrected chi connectivity index (χ3v) is 8.08. The van der Waals surface area contributed by atoms with Crippen LogP contribution in [0.2, 0.25) is 0 Å². The van der Waals surface area contributed by atoms with Gasteiger partial charge in [-0.1, -0.05) is 6.08 Å². The molecule has 10 heteroatoms. The van der Waals surface area contributed by atoms with Gasteiger partial charge in [0.15, 0.2) is 0 Å². The zero-order valence-electron chi connectivity index (χ0n) is 21.3. The van der Waals surface area contributed by atoms with Gasteiger partial charge in [-0.25, -0.2) is 4.99 Å². The van der Waals surface area contributed by atoms with Crippen molar-refractivity contribution in [3.05, 3.63) is 42.1 Å². The fourth-order valence-corrected chi connectivity index (χ4v) is 5.61. The lowest BCUT2D eigenvalue weighted by atomic mass is 9.84. The number of anilines is 2. The first-order valence-electron chi connectivity index (χ1n) is 13.0. The summed E-state index contributed by atoms with van der Waals surface area (Å²) in [6, 6.07) is 4.34. The lowest BCUT2D eigenvalue weighted by Gasteiger charge is -2.39. The molecule has 0 radical (unpaired) electrons. The Morgan fingerprint density at radius 2 is 1.92 bits per heavy atom. The number of aliphatic imine (C=N–C) groups is 1. The first kappa shape index (κ1) is 25.8. The number of allylic oxidation sites excluding steroid dienone is 2. The van der Waals surface area contributed by atoms with E-state index in [1.807, 2.05) is 41.5 Å². The average Bonchev–Trinajstić information content (AvgIpc) is 3.08. The number of benzene rings is 1. The molecule has 1 amide bonds. The molecule has 1 saturated carbocycles. The minimum Gasteiger partial charge on any atom is -0.378 e. The molecule has 200 valence electrons. The van der Waals surface area contributed by atoms with Crippen LogP contribution in [0.5, 0.6) is 0 Å². The highest BCUT2D eigenvalue weighted by atomic mass is 19.4. The summed E-state index contributed by atoms with van der Waals surface area (Å²) in [6.45, 7) is 4.48. The number of ether oxygens (including phenoxy) is 1. The van der Waals surface area contributed by atoms with Gasteiger partial charge < -0.3 is 19.9 Å². The van der Waals surface area contributed by atoms with E-state index in [1.165, 1.54) is 18.9 Å². The number of rotatable bonds is 4. The van der Waals surface area contributed by atoms with Gasteiger partial charge in [-0.05, 0) is 63.9 Å². The summed E-state index contributed by atoms with van der Waals surface area (Å²) in [4.78, 5) is 24.3. The van der Waals surface area contributed by atoms with Crippen LogP contribution in [0.25, 0.3) is 0 Å². The summed E-state index contributed by atoms with van der Waals surface area (Å²) in [5.41, 5.74) is 3.44. The van der Waals surface area contributed by atoms with E-state index in [0.29, 0.717) is 45.4 Å². The van der Waals surface area contributed by atoms with E-state index >= 15 is 0 Å². The van der Waals surface area contributed by atoms with E-state index in [9.17, 15) is 18.0 Å². The Balaban J connectivity index is 1.38. The summed E-state index contributed by atoms with van der Waals surface area (Å²) >= 11 is 0. The maximum Gasteiger partial charge on any atom is 0.403 e. The van der Waals surface area contributed by atoms with Crippen LogP contribution in [0.3, 0.4) is 0 Å². The molecular formula is C27H34F3N5O2. The van der Waals surface area contributed by atoms with Crippen LogP contribution in [-0.4, -0.2) is 74.8 Å². The highest BCUT2D eigenvalue weighted by Gasteiger charge is 2.42. The van der Waals surface area contributed by atoms with E-state index < -0.39 is 12.2 Å². The van der Waals surface area contributed by atoms with Gasteiger partial charge in [0, 0.05) is 42.5 Å². The molecule has 1 aromatic rings. The number of carbonyl (C=O) groups excluding carboxylic acids is 1. The number of halogens is 3. The summed E-state index contributed by atoms with van der Waals surface area (Å²) in [5.74, 6) is 0.502. The summed E-state index contributed by atoms with van der Waals surface area (Å²) < 4.78 is 45.2. The normalized spacial score (nSPS) is 24.9. The maximum absolute atomic E-state index is 14.0. The quantitative estimate of drug-likeness (QED) is 0.642. The second-order valence-electron chi connectivity index (χ2n) is 10.2. The van der Waals surface area contributed by atoms with Crippen LogP contribution in [0, 0.1) is 5.92 Å². The van der Waals surface area contributed by atoms with Crippen LogP contribution in [0.15, 0.2) is 47.1 Å². The topological polar surface area (TPSA) is 60.4 Å². The third kappa shape index (κ3) is 5.40. The van der Waals surface area contributed by atoms with Crippen molar-refractivity contribution in [2.75, 3.05) is 49.7 Å². The first-order chi connectivity index (χ1) is 17.7. The number of amides is 1. The molecular weight excluding hydrogens is 483 g/mol. The minimum atomic E-state index is -4.26. The van der Waals surface area contributed by atoms with E-state index in [4.69, 9.17) is 9.73 Å². The van der Waals surface area contributed by atoms with Crippen LogP contribution in [0.1, 0.15) is 32.6 Å². The zero-order valence-corrected chi connectivity index (χ0v) is 21.3. The Labute approximate surface area is 215 Å². The molecule has 3 heterocycles. The highest BCUT2D eigenvalue weighted by Crippen LogP contribution is 2.39. The van der Waals surface area contributed by atoms with Crippen molar-refractivity contribution in [1.82, 2.24) is 10.2 Å². The smallest absolute Gasteiger partial charge is 0.378 e. The number of nitrogens with zero attached hydrogens (tertiary/aromatic N) is 4. The molecule has 1 saturated heterocycles. The molecule has 1 N–H and O–H groups in total. The Morgan fingerprint density at radius 1 is 1.19 bits per heavy atom. The monoisotopic (exact) mass is 517 g/mol. The van der Waals surface area contributed by atoms with Crippen molar-refractivity contribution in [2.24, 2.45) is 10.9 Å². The lowest BCUT2D eigenvalue weighted by Crippen LogP contribution is -2.49. The lowest BCUT2D eigenvalue weighted by molar-refractivity contribution is -0.182. The number of amidine groups is 1. The van der Waals surface area contributed by atoms with Gasteiger partial charge in [0.05, 0.1) is 31.1 Å². The predicted octanol–water partition coefficient (Wildman–Crippen LogP) is 4.38. The van der Waals surface area contributed by atoms with Crippen LogP contribution < -0.4 is 15.1 Å². The van der Waals surface area contributed by atoms with Gasteiger partial charge in [-0.2, -0.15) is 13.2 Å². The first-order valence-corrected chi connectivity index (χ1v) is 13.0. The molecule has 1 atom stereocenters. The largest absolute Gasteiger partial charge is 0.403 e. The van der Waals surface area contributed by atoms with Crippen LogP contribution >= 0.6 is 0 Å². The van der Waals surface area contributed by atoms with Crippen LogP contribution in [0.4, 0.5) is 30.2 Å². The van der Waals surface area contributed by atoms with Gasteiger partial charge in [0.2, 0.25) is 5.91 Å². The molecule has 1 unspecified atom stereocenters. The van der Waals surface area contributed by atoms with Gasteiger partial charge in [0.1, 0.15) is 11.9 Å². The van der Waals surface area contributed by atoms with Crippen molar-refractivity contribution in [1.29, 1.82) is 0 Å². The Hall–Kier alpha value is -2.85. The fourth-order valence-electron chi connectivity index (χ4n) is 5.61. The molecule has 0 spiro atoms. The number of carbonyl (C=O) groups is 1. The van der Waals surface area contributed by atoms with Crippen LogP contribution in [-0.2, 0) is 9.53 Å². The van der Waals surface area contributed by atoms with E-state index in [0.717, 1.165) is 41.6 Å². The molecule has 1 aromatic carbocycles. The number of hydrogen-bond donors (Lipinski definition) is 1. The predicted molar refractivity (Wildman–Crippen MR) is 138 cm³/mol. The highest BCUT2D eigenvalue weighted by molar-refractivity contribution is 6.08. The van der Waals surface area contributed by atoms with Crippen molar-refractivity contribution < 1.29 is 22.7 Å². The number of alkyl halides is 3. The van der Waals surface area contributed by atoms with E-state index in [2.05, 4.69) is 10.2 Å². The summed E-state index contributed by atoms with van der Waals surface area (Å²) in [7, 11) is 1.54. The van der Waals surface area contributed by atoms with Crippen molar-refractivity contribution in [2.45, 2.75) is 50.9 Å². The molecule has 3 aliphatic heterocycles. The van der Waals surface area contributed by atoms with Crippen molar-refractivity contribution in [3.8, 4) is 0 Å².